The van der Waals surface area contributed by atoms with Gasteiger partial charge in [0.15, 0.2) is 17.3 Å². The minimum absolute atomic E-state index is 0.0209. The lowest BCUT2D eigenvalue weighted by atomic mass is 9.71. The molecule has 7 heteroatoms. The molecule has 5 N–H and O–H groups in total. The van der Waals surface area contributed by atoms with Gasteiger partial charge in [0.05, 0.1) is 28.5 Å². The third kappa shape index (κ3) is 3.36. The van der Waals surface area contributed by atoms with Crippen LogP contribution < -0.4 is 5.32 Å². The van der Waals surface area contributed by atoms with Crippen LogP contribution in [0.25, 0.3) is 0 Å². The molecule has 2 aliphatic rings. The average Bonchev–Trinajstić information content (AvgIpc) is 2.68. The maximum absolute atomic E-state index is 13.1. The van der Waals surface area contributed by atoms with E-state index in [1.54, 1.807) is 0 Å². The Hall–Kier alpha value is -3.16. The van der Waals surface area contributed by atoms with Gasteiger partial charge in [-0.1, -0.05) is 30.3 Å². The Morgan fingerprint density at radius 2 is 1.80 bits per heavy atom. The van der Waals surface area contributed by atoms with Gasteiger partial charge in [-0.15, -0.1) is 0 Å². The van der Waals surface area contributed by atoms with Gasteiger partial charge in [-0.25, -0.2) is 0 Å². The Morgan fingerprint density at radius 1 is 1.10 bits per heavy atom. The Bertz CT molecular complexity index is 1070. The molecule has 0 heterocycles. The second-order valence-corrected chi connectivity index (χ2v) is 8.15. The number of ketones is 2. The number of hydrogen-bond acceptors (Lipinski definition) is 7. The molecule has 0 fully saturated rings. The molecule has 2 aliphatic carbocycles. The van der Waals surface area contributed by atoms with Gasteiger partial charge in [0, 0.05) is 36.6 Å². The maximum atomic E-state index is 13.1. The predicted molar refractivity (Wildman–Crippen MR) is 110 cm³/mol. The van der Waals surface area contributed by atoms with Gasteiger partial charge < -0.3 is 25.7 Å². The van der Waals surface area contributed by atoms with Gasteiger partial charge in [-0.2, -0.15) is 0 Å². The number of hydrogen-bond donors (Lipinski definition) is 5. The molecule has 30 heavy (non-hydrogen) atoms. The zero-order valence-corrected chi connectivity index (χ0v) is 16.5. The van der Waals surface area contributed by atoms with E-state index in [1.807, 2.05) is 30.3 Å². The van der Waals surface area contributed by atoms with Crippen molar-refractivity contribution in [2.45, 2.75) is 37.9 Å². The number of fused-ring (bicyclic) bond motifs is 1. The molecule has 2 aromatic rings. The van der Waals surface area contributed by atoms with E-state index in [1.165, 1.54) is 13.0 Å². The molecule has 0 spiro atoms. The summed E-state index contributed by atoms with van der Waals surface area (Å²) in [6.07, 6.45) is -0.880. The number of phenolic OH excluding ortho intramolecular Hbond substituents is 2. The summed E-state index contributed by atoms with van der Waals surface area (Å²) < 4.78 is 0. The zero-order valence-electron chi connectivity index (χ0n) is 16.5. The molecule has 4 rings (SSSR count). The fourth-order valence-electron chi connectivity index (χ4n) is 4.27. The molecule has 0 amide bonds. The largest absolute Gasteiger partial charge is 0.507 e. The standard InChI is InChI=1S/C23H23NO6/c1-23(30)10-13-17(16(26)11-23)22(29)18-15(25)9-14(21(28)19(18)20(13)27)24-8-7-12-5-3-2-4-6-12/h2-6,9,16,24-26,28,30H,7-8,10-11H2,1H3/t16-,23-/m0/s1. The van der Waals surface area contributed by atoms with Gasteiger partial charge in [0.1, 0.15) is 5.75 Å². The van der Waals surface area contributed by atoms with Gasteiger partial charge in [-0.3, -0.25) is 9.59 Å². The third-order valence-corrected chi connectivity index (χ3v) is 5.67. The fraction of sp³-hybridized carbons (Fsp3) is 0.304. The highest BCUT2D eigenvalue weighted by Crippen LogP contribution is 2.46. The van der Waals surface area contributed by atoms with Crippen molar-refractivity contribution in [1.29, 1.82) is 0 Å². The Morgan fingerprint density at radius 3 is 2.50 bits per heavy atom. The van der Waals surface area contributed by atoms with Gasteiger partial charge in [-0.05, 0) is 18.9 Å². The van der Waals surface area contributed by atoms with E-state index in [0.717, 1.165) is 5.56 Å². The van der Waals surface area contributed by atoms with Crippen molar-refractivity contribution in [1.82, 2.24) is 0 Å². The van der Waals surface area contributed by atoms with E-state index in [2.05, 4.69) is 5.32 Å². The number of carbonyl (C=O) groups excluding carboxylic acids is 2. The normalized spacial score (nSPS) is 23.2. The van der Waals surface area contributed by atoms with Crippen molar-refractivity contribution in [2.24, 2.45) is 0 Å². The molecule has 7 nitrogen and oxygen atoms in total. The number of anilines is 1. The van der Waals surface area contributed by atoms with Gasteiger partial charge in [0.25, 0.3) is 0 Å². The number of aliphatic hydroxyl groups excluding tert-OH is 1. The van der Waals surface area contributed by atoms with Crippen molar-refractivity contribution >= 4 is 17.3 Å². The van der Waals surface area contributed by atoms with E-state index in [9.17, 15) is 30.0 Å². The number of aliphatic hydroxyl groups is 2. The molecule has 0 aliphatic heterocycles. The second-order valence-electron chi connectivity index (χ2n) is 8.15. The summed E-state index contributed by atoms with van der Waals surface area (Å²) in [7, 11) is 0. The zero-order chi connectivity index (χ0) is 21.6. The number of nitrogens with one attached hydrogen (secondary N) is 1. The maximum Gasteiger partial charge on any atom is 0.196 e. The fourth-order valence-corrected chi connectivity index (χ4v) is 4.27. The SMILES string of the molecule is C[C@]1(O)CC2=C(C(=O)c3c(O)cc(NCCc4ccccc4)c(O)c3C2=O)[C@@H](O)C1. The topological polar surface area (TPSA) is 127 Å². The molecular weight excluding hydrogens is 386 g/mol. The van der Waals surface area contributed by atoms with Crippen LogP contribution >= 0.6 is 0 Å². The second kappa shape index (κ2) is 7.27. The van der Waals surface area contributed by atoms with Crippen LogP contribution in [0, 0.1) is 0 Å². The highest BCUT2D eigenvalue weighted by Gasteiger charge is 2.46. The first-order valence-electron chi connectivity index (χ1n) is 9.79. The molecule has 2 aromatic carbocycles. The number of aromatic hydroxyl groups is 2. The smallest absolute Gasteiger partial charge is 0.196 e. The van der Waals surface area contributed by atoms with Crippen LogP contribution in [0.15, 0.2) is 47.5 Å². The summed E-state index contributed by atoms with van der Waals surface area (Å²) in [4.78, 5) is 26.1. The lowest BCUT2D eigenvalue weighted by molar-refractivity contribution is 0.00374. The first kappa shape index (κ1) is 20.1. The number of Topliss-reactive ketones (excluding diaryl/α,β-unsaturated/α-hetero) is 2. The Labute approximate surface area is 173 Å². The van der Waals surface area contributed by atoms with Crippen LogP contribution in [0.3, 0.4) is 0 Å². The van der Waals surface area contributed by atoms with E-state index >= 15 is 0 Å². The van der Waals surface area contributed by atoms with E-state index in [-0.39, 0.29) is 40.8 Å². The summed E-state index contributed by atoms with van der Waals surface area (Å²) in [5, 5.41) is 44.9. The van der Waals surface area contributed by atoms with Crippen LogP contribution in [0.1, 0.15) is 46.0 Å². The first-order valence-corrected chi connectivity index (χ1v) is 9.79. The summed E-state index contributed by atoms with van der Waals surface area (Å²) >= 11 is 0. The van der Waals surface area contributed by atoms with Gasteiger partial charge >= 0.3 is 0 Å². The third-order valence-electron chi connectivity index (χ3n) is 5.67. The monoisotopic (exact) mass is 409 g/mol. The van der Waals surface area contributed by atoms with Crippen molar-refractivity contribution in [3.8, 4) is 11.5 Å². The number of carbonyl (C=O) groups is 2. The van der Waals surface area contributed by atoms with Gasteiger partial charge in [0.2, 0.25) is 0 Å². The summed E-state index contributed by atoms with van der Waals surface area (Å²) in [5.74, 6) is -2.25. The molecule has 0 radical (unpaired) electrons. The van der Waals surface area contributed by atoms with Crippen LogP contribution in [0.2, 0.25) is 0 Å². The van der Waals surface area contributed by atoms with Crippen molar-refractivity contribution in [3.05, 3.63) is 64.2 Å². The van der Waals surface area contributed by atoms with Crippen molar-refractivity contribution in [2.75, 3.05) is 11.9 Å². The molecule has 0 saturated carbocycles. The highest BCUT2D eigenvalue weighted by molar-refractivity contribution is 6.30. The van der Waals surface area contributed by atoms with Crippen LogP contribution in [-0.4, -0.2) is 50.2 Å². The molecule has 156 valence electrons. The predicted octanol–water partition coefficient (Wildman–Crippen LogP) is 2.33. The number of benzene rings is 2. The Kier molecular flexibility index (Phi) is 4.88. The molecule has 0 aromatic heterocycles. The summed E-state index contributed by atoms with van der Waals surface area (Å²) in [6, 6.07) is 10.9. The Balaban J connectivity index is 1.69. The molecular formula is C23H23NO6. The molecule has 0 bridgehead atoms. The summed E-state index contributed by atoms with van der Waals surface area (Å²) in [6.45, 7) is 1.91. The average molecular weight is 409 g/mol. The quantitative estimate of drug-likeness (QED) is 0.387. The van der Waals surface area contributed by atoms with Crippen LogP contribution in [0.5, 0.6) is 11.5 Å². The van der Waals surface area contributed by atoms with Crippen molar-refractivity contribution in [3.63, 3.8) is 0 Å². The van der Waals surface area contributed by atoms with Crippen LogP contribution in [-0.2, 0) is 6.42 Å². The lowest BCUT2D eigenvalue weighted by Gasteiger charge is -2.36. The first-order chi connectivity index (χ1) is 14.2. The van der Waals surface area contributed by atoms with Crippen molar-refractivity contribution < 1.29 is 30.0 Å². The molecule has 2 atom stereocenters. The minimum atomic E-state index is -1.35. The lowest BCUT2D eigenvalue weighted by Crippen LogP contribution is -2.42. The van der Waals surface area contributed by atoms with E-state index in [4.69, 9.17) is 0 Å². The number of phenols is 2. The highest BCUT2D eigenvalue weighted by atomic mass is 16.3. The van der Waals surface area contributed by atoms with E-state index < -0.39 is 34.8 Å². The number of rotatable bonds is 4. The molecule has 0 unspecified atom stereocenters. The molecule has 0 saturated heterocycles. The van der Waals surface area contributed by atoms with Crippen LogP contribution in [0.4, 0.5) is 5.69 Å². The summed E-state index contributed by atoms with van der Waals surface area (Å²) in [5.41, 5.74) is -0.890. The minimum Gasteiger partial charge on any atom is -0.507 e. The van der Waals surface area contributed by atoms with E-state index in [0.29, 0.717) is 13.0 Å².